The third-order valence-electron chi connectivity index (χ3n) is 6.54. The van der Waals surface area contributed by atoms with E-state index in [2.05, 4.69) is 0 Å². The summed E-state index contributed by atoms with van der Waals surface area (Å²) in [5.74, 6) is -2.23. The van der Waals surface area contributed by atoms with E-state index in [4.69, 9.17) is 9.47 Å². The fourth-order valence-electron chi connectivity index (χ4n) is 5.30. The van der Waals surface area contributed by atoms with Crippen LogP contribution in [0, 0.1) is 5.92 Å². The summed E-state index contributed by atoms with van der Waals surface area (Å²) in [6.07, 6.45) is -3.42. The molecule has 4 aliphatic rings. The molecule has 4 aliphatic heterocycles. The van der Waals surface area contributed by atoms with Gasteiger partial charge >= 0.3 is 18.2 Å². The van der Waals surface area contributed by atoms with Crippen molar-refractivity contribution in [3.05, 3.63) is 22.9 Å². The highest BCUT2D eigenvalue weighted by atomic mass is 19.4. The van der Waals surface area contributed by atoms with Crippen molar-refractivity contribution in [2.45, 2.75) is 83.8 Å². The molecule has 0 aromatic rings. The Morgan fingerprint density at radius 3 is 2.22 bits per heavy atom. The highest BCUT2D eigenvalue weighted by Gasteiger charge is 2.64. The molecule has 12 heteroatoms. The lowest BCUT2D eigenvalue weighted by Crippen LogP contribution is -2.69. The number of ether oxygens (including phenoxy) is 2. The van der Waals surface area contributed by atoms with Crippen LogP contribution in [0.1, 0.15) is 54.4 Å². The van der Waals surface area contributed by atoms with Gasteiger partial charge in [0.25, 0.3) is 5.91 Å². The highest BCUT2D eigenvalue weighted by molar-refractivity contribution is 6.03. The largest absolute Gasteiger partial charge is 0.455 e. The number of hydrogen-bond donors (Lipinski definition) is 0. The topological polar surface area (TPSA) is 96.5 Å². The molecule has 0 aliphatic carbocycles. The summed E-state index contributed by atoms with van der Waals surface area (Å²) >= 11 is 0. The lowest BCUT2D eigenvalue weighted by molar-refractivity contribution is -0.163. The van der Waals surface area contributed by atoms with E-state index in [9.17, 15) is 32.3 Å². The molecule has 0 N–H and O–H groups in total. The van der Waals surface area contributed by atoms with Gasteiger partial charge in [-0.15, -0.1) is 0 Å². The second kappa shape index (κ2) is 8.76. The van der Waals surface area contributed by atoms with E-state index in [1.165, 1.54) is 15.9 Å². The zero-order valence-corrected chi connectivity index (χ0v) is 21.8. The number of hydrogen-bond acceptors (Lipinski definition) is 6. The smallest absolute Gasteiger partial charge is 0.411 e. The van der Waals surface area contributed by atoms with Gasteiger partial charge in [0.05, 0.1) is 6.04 Å². The molecule has 0 saturated carbocycles. The molecule has 3 atom stereocenters. The van der Waals surface area contributed by atoms with Gasteiger partial charge in [-0.25, -0.2) is 9.59 Å². The van der Waals surface area contributed by atoms with E-state index in [0.29, 0.717) is 5.57 Å². The SMILES string of the molecule is CC(C)(C)OC(=O)C1=C(C=C2CCN(CC(F)(F)F)C2=O)CC2CN(C(=O)OC(C)(C)C)C3C(=O)N1[C@H]23. The Morgan fingerprint density at radius 2 is 1.65 bits per heavy atom. The second-order valence-corrected chi connectivity index (χ2v) is 11.9. The summed E-state index contributed by atoms with van der Waals surface area (Å²) in [5, 5.41) is 0. The fourth-order valence-corrected chi connectivity index (χ4v) is 5.30. The Morgan fingerprint density at radius 1 is 1.03 bits per heavy atom. The van der Waals surface area contributed by atoms with Gasteiger partial charge in [-0.3, -0.25) is 19.4 Å². The normalized spacial score (nSPS) is 27.1. The van der Waals surface area contributed by atoms with Gasteiger partial charge in [0.2, 0.25) is 5.91 Å². The number of rotatable bonds is 3. The maximum atomic E-state index is 13.3. The van der Waals surface area contributed by atoms with E-state index in [-0.39, 0.29) is 43.1 Å². The van der Waals surface area contributed by atoms with Crippen molar-refractivity contribution >= 4 is 23.9 Å². The van der Waals surface area contributed by atoms with Crippen LogP contribution in [0.4, 0.5) is 18.0 Å². The van der Waals surface area contributed by atoms with E-state index < -0.39 is 59.9 Å². The number of carbonyl (C=O) groups is 4. The minimum Gasteiger partial charge on any atom is -0.455 e. The van der Waals surface area contributed by atoms with Crippen LogP contribution >= 0.6 is 0 Å². The third-order valence-corrected chi connectivity index (χ3v) is 6.54. The molecule has 3 fully saturated rings. The van der Waals surface area contributed by atoms with Crippen LogP contribution < -0.4 is 0 Å². The first-order chi connectivity index (χ1) is 16.9. The van der Waals surface area contributed by atoms with Crippen LogP contribution in [-0.2, 0) is 23.9 Å². The summed E-state index contributed by atoms with van der Waals surface area (Å²) in [6, 6.07) is -1.23. The Kier molecular flexibility index (Phi) is 6.39. The predicted molar refractivity (Wildman–Crippen MR) is 124 cm³/mol. The van der Waals surface area contributed by atoms with E-state index >= 15 is 0 Å². The van der Waals surface area contributed by atoms with Crippen molar-refractivity contribution in [3.8, 4) is 0 Å². The van der Waals surface area contributed by atoms with Crippen LogP contribution in [0.2, 0.25) is 0 Å². The minimum absolute atomic E-state index is 0.0296. The summed E-state index contributed by atoms with van der Waals surface area (Å²) in [6.45, 7) is 8.92. The van der Waals surface area contributed by atoms with Crippen molar-refractivity contribution in [3.63, 3.8) is 0 Å². The number of β-lactam (4-membered cyclic amide) rings is 1. The molecule has 3 saturated heterocycles. The number of likely N-dealkylation sites (tertiary alicyclic amines) is 2. The average Bonchev–Trinajstić information content (AvgIpc) is 3.23. The maximum absolute atomic E-state index is 13.3. The second-order valence-electron chi connectivity index (χ2n) is 11.9. The van der Waals surface area contributed by atoms with Crippen molar-refractivity contribution in [1.82, 2.24) is 14.7 Å². The highest BCUT2D eigenvalue weighted by Crippen LogP contribution is 2.48. The quantitative estimate of drug-likeness (QED) is 0.318. The number of nitrogens with zero attached hydrogens (tertiary/aromatic N) is 3. The molecule has 204 valence electrons. The predicted octanol–water partition coefficient (Wildman–Crippen LogP) is 3.15. The van der Waals surface area contributed by atoms with Crippen LogP contribution in [0.3, 0.4) is 0 Å². The summed E-state index contributed by atoms with van der Waals surface area (Å²) in [7, 11) is 0. The molecule has 4 rings (SSSR count). The molecule has 0 aromatic carbocycles. The number of allylic oxidation sites excluding steroid dienone is 2. The number of alkyl halides is 3. The lowest BCUT2D eigenvalue weighted by atomic mass is 9.79. The van der Waals surface area contributed by atoms with Crippen LogP contribution in [-0.4, -0.2) is 87.7 Å². The zero-order valence-electron chi connectivity index (χ0n) is 21.8. The fraction of sp³-hybridized carbons (Fsp3) is 0.680. The van der Waals surface area contributed by atoms with Gasteiger partial charge in [-0.1, -0.05) is 0 Å². The minimum atomic E-state index is -4.53. The Hall–Kier alpha value is -3.05. The van der Waals surface area contributed by atoms with Crippen molar-refractivity contribution in [2.75, 3.05) is 19.6 Å². The first-order valence-corrected chi connectivity index (χ1v) is 12.2. The maximum Gasteiger partial charge on any atom is 0.411 e. The van der Waals surface area contributed by atoms with Gasteiger partial charge < -0.3 is 14.4 Å². The molecule has 4 heterocycles. The van der Waals surface area contributed by atoms with Crippen molar-refractivity contribution < 1.29 is 41.8 Å². The van der Waals surface area contributed by atoms with Crippen molar-refractivity contribution in [2.24, 2.45) is 5.92 Å². The standard InChI is InChI=1S/C25H32F3N3O6/c1-23(2,3)36-21(34)17-14(9-13-7-8-29(19(13)32)12-25(26,27)28)10-15-11-30(22(35)37-24(4,5)6)18-16(15)31(17)20(18)33/h9,15-16,18H,7-8,10-12H2,1-6H3/t15?,16-,18?/m1/s1. The number of esters is 1. The average molecular weight is 528 g/mol. The van der Waals surface area contributed by atoms with Gasteiger partial charge in [0.15, 0.2) is 0 Å². The molecule has 37 heavy (non-hydrogen) atoms. The lowest BCUT2D eigenvalue weighted by Gasteiger charge is -2.50. The van der Waals surface area contributed by atoms with Gasteiger partial charge in [-0.2, -0.15) is 13.2 Å². The number of amides is 3. The van der Waals surface area contributed by atoms with E-state index in [1.54, 1.807) is 41.5 Å². The number of halogens is 3. The summed E-state index contributed by atoms with van der Waals surface area (Å²) in [5.41, 5.74) is -1.20. The number of carbonyl (C=O) groups excluding carboxylic acids is 4. The molecular weight excluding hydrogens is 495 g/mol. The zero-order chi connectivity index (χ0) is 27.7. The Bertz CT molecular complexity index is 1100. The van der Waals surface area contributed by atoms with Crippen molar-refractivity contribution in [1.29, 1.82) is 0 Å². The van der Waals surface area contributed by atoms with E-state index in [0.717, 1.165) is 4.90 Å². The molecule has 2 unspecified atom stereocenters. The molecule has 9 nitrogen and oxygen atoms in total. The van der Waals surface area contributed by atoms with Gasteiger partial charge in [0, 0.05) is 24.6 Å². The Labute approximate surface area is 213 Å². The molecule has 0 bridgehead atoms. The van der Waals surface area contributed by atoms with Crippen LogP contribution in [0.5, 0.6) is 0 Å². The molecule has 0 aromatic heterocycles. The Balaban J connectivity index is 1.67. The van der Waals surface area contributed by atoms with Crippen LogP contribution in [0.15, 0.2) is 22.9 Å². The van der Waals surface area contributed by atoms with E-state index in [1.807, 2.05) is 0 Å². The first-order valence-electron chi connectivity index (χ1n) is 12.2. The van der Waals surface area contributed by atoms with Gasteiger partial charge in [0.1, 0.15) is 29.5 Å². The summed E-state index contributed by atoms with van der Waals surface area (Å²) in [4.78, 5) is 55.4. The molecule has 3 amide bonds. The molecular formula is C25H32F3N3O6. The third kappa shape index (κ3) is 5.33. The molecule has 0 radical (unpaired) electrons. The first kappa shape index (κ1) is 27.0. The summed E-state index contributed by atoms with van der Waals surface area (Å²) < 4.78 is 49.6. The van der Waals surface area contributed by atoms with Crippen LogP contribution in [0.25, 0.3) is 0 Å². The van der Waals surface area contributed by atoms with Gasteiger partial charge in [-0.05, 0) is 66.0 Å². The molecule has 0 spiro atoms. The monoisotopic (exact) mass is 527 g/mol.